The predicted octanol–water partition coefficient (Wildman–Crippen LogP) is 0.0564. The Bertz CT molecular complexity index is 348. The lowest BCUT2D eigenvalue weighted by atomic mass is 10.1. The van der Waals surface area contributed by atoms with Crippen LogP contribution in [0.15, 0.2) is 0 Å². The molecule has 0 aliphatic rings. The summed E-state index contributed by atoms with van der Waals surface area (Å²) in [6.45, 7) is 2.90. The number of carbonyl (C=O) groups is 4. The van der Waals surface area contributed by atoms with E-state index in [0.29, 0.717) is 19.3 Å². The number of nitrogens with one attached hydrogen (secondary N) is 2. The van der Waals surface area contributed by atoms with Crippen molar-refractivity contribution in [1.29, 1.82) is 0 Å². The van der Waals surface area contributed by atoms with Crippen LogP contribution >= 0.6 is 0 Å². The lowest BCUT2D eigenvalue weighted by Gasteiger charge is -2.09. The van der Waals surface area contributed by atoms with Gasteiger partial charge in [0.1, 0.15) is 17.6 Å². The first-order chi connectivity index (χ1) is 10.1. The monoisotopic (exact) mass is 318 g/mol. The van der Waals surface area contributed by atoms with E-state index in [2.05, 4.69) is 10.6 Å². The number of carboxylic acid groups (broad SMARTS) is 2. The lowest BCUT2D eigenvalue weighted by molar-refractivity contribution is -0.140. The maximum absolute atomic E-state index is 10.7. The minimum absolute atomic E-state index is 0.0197. The number of likely N-dealkylation sites (N-methyl/N-ethyl adjacent to an activating group) is 2. The molecule has 0 bridgehead atoms. The topological polar surface area (TPSA) is 133 Å². The van der Waals surface area contributed by atoms with E-state index in [0.717, 1.165) is 0 Å². The van der Waals surface area contributed by atoms with Crippen molar-refractivity contribution in [1.82, 2.24) is 10.6 Å². The molecule has 8 heteroatoms. The molecule has 0 aromatic carbocycles. The number of Topliss-reactive ketones (excluding diaryl/α,β-unsaturated/α-hetero) is 2. The highest BCUT2D eigenvalue weighted by atomic mass is 16.4. The standard InChI is InChI=1S/2C7H13NO3/c1-5(9)6(8-2)3-4-7(10)11;1-5(9)3-4-6(8-2)7(10)11/h2*6,8H,3-4H2,1-2H3,(H,10,11). The molecule has 128 valence electrons. The van der Waals surface area contributed by atoms with Crippen molar-refractivity contribution in [3.8, 4) is 0 Å². The van der Waals surface area contributed by atoms with Crippen LogP contribution in [0.3, 0.4) is 0 Å². The number of carboxylic acids is 2. The van der Waals surface area contributed by atoms with Crippen LogP contribution in [0.5, 0.6) is 0 Å². The fourth-order valence-corrected chi connectivity index (χ4v) is 1.56. The van der Waals surface area contributed by atoms with Crippen LogP contribution in [0.25, 0.3) is 0 Å². The predicted molar refractivity (Wildman–Crippen MR) is 80.8 cm³/mol. The van der Waals surface area contributed by atoms with Gasteiger partial charge in [0.2, 0.25) is 0 Å². The van der Waals surface area contributed by atoms with Crippen LogP contribution in [0.2, 0.25) is 0 Å². The van der Waals surface area contributed by atoms with Gasteiger partial charge >= 0.3 is 11.9 Å². The van der Waals surface area contributed by atoms with E-state index in [-0.39, 0.29) is 24.0 Å². The molecule has 0 radical (unpaired) electrons. The van der Waals surface area contributed by atoms with Crippen LogP contribution in [0, 0.1) is 0 Å². The Morgan fingerprint density at radius 1 is 0.864 bits per heavy atom. The molecule has 0 rings (SSSR count). The van der Waals surface area contributed by atoms with Crippen LogP contribution in [0.4, 0.5) is 0 Å². The molecule has 0 saturated carbocycles. The van der Waals surface area contributed by atoms with Crippen molar-refractivity contribution >= 4 is 23.5 Å². The molecule has 0 aliphatic carbocycles. The average molecular weight is 318 g/mol. The minimum Gasteiger partial charge on any atom is -0.481 e. The third-order valence-electron chi connectivity index (χ3n) is 2.92. The summed E-state index contributed by atoms with van der Waals surface area (Å²) in [5.41, 5.74) is 0. The van der Waals surface area contributed by atoms with Gasteiger partial charge in [-0.15, -0.1) is 0 Å². The second-order valence-electron chi connectivity index (χ2n) is 4.80. The molecule has 0 aromatic rings. The minimum atomic E-state index is -0.909. The van der Waals surface area contributed by atoms with Crippen molar-refractivity contribution in [3.63, 3.8) is 0 Å². The van der Waals surface area contributed by atoms with Gasteiger partial charge in [-0.3, -0.25) is 14.4 Å². The summed E-state index contributed by atoms with van der Waals surface area (Å²) in [7, 11) is 3.22. The van der Waals surface area contributed by atoms with Crippen molar-refractivity contribution in [2.75, 3.05) is 14.1 Å². The largest absolute Gasteiger partial charge is 0.481 e. The van der Waals surface area contributed by atoms with Gasteiger partial charge in [0.25, 0.3) is 0 Å². The zero-order chi connectivity index (χ0) is 17.7. The third kappa shape index (κ3) is 13.2. The number of hydrogen-bond acceptors (Lipinski definition) is 6. The average Bonchev–Trinajstić information content (AvgIpc) is 2.39. The highest BCUT2D eigenvalue weighted by Gasteiger charge is 2.14. The molecule has 0 amide bonds. The summed E-state index contributed by atoms with van der Waals surface area (Å²) in [6.07, 6.45) is 1.07. The van der Waals surface area contributed by atoms with E-state index >= 15 is 0 Å². The van der Waals surface area contributed by atoms with E-state index in [4.69, 9.17) is 10.2 Å². The van der Waals surface area contributed by atoms with Crippen molar-refractivity contribution in [2.45, 2.75) is 51.6 Å². The van der Waals surface area contributed by atoms with E-state index in [1.165, 1.54) is 13.8 Å². The first-order valence-corrected chi connectivity index (χ1v) is 6.94. The zero-order valence-corrected chi connectivity index (χ0v) is 13.5. The summed E-state index contributed by atoms with van der Waals surface area (Å²) in [5.74, 6) is -1.78. The first-order valence-electron chi connectivity index (χ1n) is 6.94. The smallest absolute Gasteiger partial charge is 0.320 e. The number of carbonyl (C=O) groups excluding carboxylic acids is 2. The lowest BCUT2D eigenvalue weighted by Crippen LogP contribution is -2.34. The number of ketones is 2. The maximum atomic E-state index is 10.7. The fourth-order valence-electron chi connectivity index (χ4n) is 1.56. The summed E-state index contributed by atoms with van der Waals surface area (Å²) in [4.78, 5) is 41.7. The van der Waals surface area contributed by atoms with Gasteiger partial charge in [0.15, 0.2) is 0 Å². The molecular weight excluding hydrogens is 292 g/mol. The summed E-state index contributed by atoms with van der Waals surface area (Å²) < 4.78 is 0. The molecule has 2 atom stereocenters. The Morgan fingerprint density at radius 2 is 1.32 bits per heavy atom. The molecule has 0 spiro atoms. The molecular formula is C14H26N2O6. The molecule has 0 fully saturated rings. The van der Waals surface area contributed by atoms with E-state index in [9.17, 15) is 19.2 Å². The molecule has 0 saturated heterocycles. The molecule has 22 heavy (non-hydrogen) atoms. The van der Waals surface area contributed by atoms with Crippen LogP contribution in [-0.2, 0) is 19.2 Å². The van der Waals surface area contributed by atoms with Crippen molar-refractivity contribution in [2.24, 2.45) is 0 Å². The Kier molecular flexibility index (Phi) is 13.2. The number of hydrogen-bond donors (Lipinski definition) is 4. The van der Waals surface area contributed by atoms with Crippen molar-refractivity contribution in [3.05, 3.63) is 0 Å². The van der Waals surface area contributed by atoms with Gasteiger partial charge in [-0.05, 0) is 40.8 Å². The Hall–Kier alpha value is -1.80. The third-order valence-corrected chi connectivity index (χ3v) is 2.92. The normalized spacial score (nSPS) is 12.5. The molecule has 8 nitrogen and oxygen atoms in total. The summed E-state index contributed by atoms with van der Waals surface area (Å²) >= 11 is 0. The number of aliphatic carboxylic acids is 2. The molecule has 0 aliphatic heterocycles. The number of rotatable bonds is 10. The molecule has 0 aromatic heterocycles. The van der Waals surface area contributed by atoms with Crippen LogP contribution in [-0.4, -0.2) is 59.9 Å². The highest BCUT2D eigenvalue weighted by Crippen LogP contribution is 1.98. The Balaban J connectivity index is 0. The van der Waals surface area contributed by atoms with Crippen LogP contribution in [0.1, 0.15) is 39.5 Å². The van der Waals surface area contributed by atoms with Crippen molar-refractivity contribution < 1.29 is 29.4 Å². The van der Waals surface area contributed by atoms with Gasteiger partial charge in [0, 0.05) is 12.8 Å². The summed E-state index contributed by atoms with van der Waals surface area (Å²) in [6, 6.07) is -0.912. The second-order valence-corrected chi connectivity index (χ2v) is 4.80. The van der Waals surface area contributed by atoms with E-state index < -0.39 is 18.0 Å². The van der Waals surface area contributed by atoms with E-state index in [1.807, 2.05) is 0 Å². The quantitative estimate of drug-likeness (QED) is 0.444. The van der Waals surface area contributed by atoms with Crippen LogP contribution < -0.4 is 10.6 Å². The molecule has 2 unspecified atom stereocenters. The first kappa shape index (κ1) is 22.5. The molecule has 4 N–H and O–H groups in total. The van der Waals surface area contributed by atoms with E-state index in [1.54, 1.807) is 14.1 Å². The Labute approximate surface area is 130 Å². The maximum Gasteiger partial charge on any atom is 0.320 e. The van der Waals surface area contributed by atoms with Gasteiger partial charge in [0.05, 0.1) is 6.04 Å². The fraction of sp³-hybridized carbons (Fsp3) is 0.714. The Morgan fingerprint density at radius 3 is 1.59 bits per heavy atom. The molecule has 0 heterocycles. The summed E-state index contributed by atoms with van der Waals surface area (Å²) in [5, 5.41) is 22.2. The van der Waals surface area contributed by atoms with Gasteiger partial charge in [-0.2, -0.15) is 0 Å². The van der Waals surface area contributed by atoms with Gasteiger partial charge in [-0.1, -0.05) is 0 Å². The SMILES string of the molecule is CNC(CCC(=O)O)C(C)=O.CNC(CCC(C)=O)C(=O)O. The highest BCUT2D eigenvalue weighted by molar-refractivity contribution is 5.82. The van der Waals surface area contributed by atoms with Gasteiger partial charge in [-0.25, -0.2) is 0 Å². The second kappa shape index (κ2) is 12.9. The van der Waals surface area contributed by atoms with Gasteiger partial charge < -0.3 is 25.6 Å². The zero-order valence-electron chi connectivity index (χ0n) is 13.5.